The van der Waals surface area contributed by atoms with Crippen molar-refractivity contribution in [3.63, 3.8) is 0 Å². The Kier molecular flexibility index (Phi) is 7.34. The van der Waals surface area contributed by atoms with Gasteiger partial charge < -0.3 is 0 Å². The first-order valence-electron chi connectivity index (χ1n) is 18.9. The van der Waals surface area contributed by atoms with Gasteiger partial charge in [0.2, 0.25) is 0 Å². The van der Waals surface area contributed by atoms with E-state index in [2.05, 4.69) is 178 Å². The van der Waals surface area contributed by atoms with E-state index in [4.69, 9.17) is 0 Å². The largest absolute Gasteiger partial charge is 0.135 e. The van der Waals surface area contributed by atoms with E-state index in [9.17, 15) is 0 Å². The molecule has 1 aliphatic carbocycles. The second-order valence-electron chi connectivity index (χ2n) is 14.7. The predicted molar refractivity (Wildman–Crippen MR) is 239 cm³/mol. The SMILES string of the molecule is C/C=C\C=C(/C)c1c2ccccc2c(-c2ccc(C3=CC=C4Sc5c(ccc6cc7sc8ccccc8c7cc56)C4C3)c3ccccc23)c2ccccc12. The molecule has 2 heteroatoms. The first-order valence-corrected chi connectivity index (χ1v) is 20.5. The summed E-state index contributed by atoms with van der Waals surface area (Å²) in [5.41, 5.74) is 9.41. The maximum atomic E-state index is 2.47. The van der Waals surface area contributed by atoms with Crippen molar-refractivity contribution < 1.29 is 0 Å². The van der Waals surface area contributed by atoms with Crippen LogP contribution in [0.1, 0.15) is 42.9 Å². The van der Waals surface area contributed by atoms with Gasteiger partial charge in [0, 0.05) is 31.0 Å². The number of rotatable bonds is 4. The van der Waals surface area contributed by atoms with Crippen LogP contribution in [-0.2, 0) is 0 Å². The summed E-state index contributed by atoms with van der Waals surface area (Å²) in [5.74, 6) is 0.377. The molecule has 11 rings (SSSR count). The molecule has 2 heterocycles. The van der Waals surface area contributed by atoms with E-state index in [1.165, 1.54) is 112 Å². The van der Waals surface area contributed by atoms with Crippen LogP contribution in [0.25, 0.3) is 85.5 Å². The fourth-order valence-corrected chi connectivity index (χ4v) is 11.7. The average molecular weight is 725 g/mol. The van der Waals surface area contributed by atoms with Crippen LogP contribution in [0.3, 0.4) is 0 Å². The molecule has 0 amide bonds. The molecule has 0 saturated carbocycles. The van der Waals surface area contributed by atoms with Crippen molar-refractivity contribution >= 4 is 97.5 Å². The third-order valence-corrected chi connectivity index (χ3v) is 14.2. The Balaban J connectivity index is 1.04. The van der Waals surface area contributed by atoms with Gasteiger partial charge in [0.05, 0.1) is 0 Å². The van der Waals surface area contributed by atoms with Crippen molar-refractivity contribution in [3.05, 3.63) is 185 Å². The number of fused-ring (bicyclic) bond motifs is 11. The minimum Gasteiger partial charge on any atom is -0.135 e. The quantitative estimate of drug-likeness (QED) is 0.129. The van der Waals surface area contributed by atoms with Gasteiger partial charge in [-0.1, -0.05) is 157 Å². The number of hydrogen-bond acceptors (Lipinski definition) is 2. The van der Waals surface area contributed by atoms with Crippen LogP contribution in [-0.4, -0.2) is 0 Å². The molecular formula is C52H36S2. The Morgan fingerprint density at radius 2 is 1.24 bits per heavy atom. The Morgan fingerprint density at radius 1 is 0.593 bits per heavy atom. The average Bonchev–Trinajstić information content (AvgIpc) is 3.78. The summed E-state index contributed by atoms with van der Waals surface area (Å²) in [5, 5.41) is 13.3. The smallest absolute Gasteiger partial charge is 0.0361 e. The van der Waals surface area contributed by atoms with E-state index in [0.29, 0.717) is 5.92 Å². The van der Waals surface area contributed by atoms with Gasteiger partial charge >= 0.3 is 0 Å². The standard InChI is InChI=1S/C52H36S2/c1-3-4-13-31(2)50-38-17-7-9-19-40(38)51(41-20-10-8-18-39(41)50)42-26-25-34(35-14-5-6-15-36(35)42)32-23-27-48-45(28-32)43-24-22-33-29-49-46(30-44(33)52(43)54-48)37-16-11-12-21-47(37)53-49/h3-27,29-30,45H,28H2,1-2H3/b4-3-,31-13+. The molecule has 0 saturated heterocycles. The van der Waals surface area contributed by atoms with Crippen LogP contribution in [0.2, 0.25) is 0 Å². The van der Waals surface area contributed by atoms with Crippen LogP contribution in [0.5, 0.6) is 0 Å². The lowest BCUT2D eigenvalue weighted by atomic mass is 9.81. The van der Waals surface area contributed by atoms with Crippen LogP contribution in [0.4, 0.5) is 0 Å². The lowest BCUT2D eigenvalue weighted by Crippen LogP contribution is -2.02. The molecule has 8 aromatic carbocycles. The fourth-order valence-electron chi connectivity index (χ4n) is 9.26. The van der Waals surface area contributed by atoms with Crippen molar-refractivity contribution in [2.75, 3.05) is 0 Å². The number of allylic oxidation sites excluding steroid dienone is 8. The van der Waals surface area contributed by atoms with E-state index >= 15 is 0 Å². The van der Waals surface area contributed by atoms with Crippen LogP contribution >= 0.6 is 23.1 Å². The van der Waals surface area contributed by atoms with Gasteiger partial charge in [-0.05, 0) is 125 Å². The Hall–Kier alpha value is -5.67. The van der Waals surface area contributed by atoms with Gasteiger partial charge in [0.1, 0.15) is 0 Å². The van der Waals surface area contributed by atoms with Crippen molar-refractivity contribution in [2.24, 2.45) is 0 Å². The Bertz CT molecular complexity index is 3120. The summed E-state index contributed by atoms with van der Waals surface area (Å²) in [6.45, 7) is 4.32. The maximum Gasteiger partial charge on any atom is 0.0361 e. The van der Waals surface area contributed by atoms with Gasteiger partial charge in [-0.15, -0.1) is 11.3 Å². The van der Waals surface area contributed by atoms with E-state index in [1.54, 1.807) is 0 Å². The highest BCUT2D eigenvalue weighted by Gasteiger charge is 2.33. The molecule has 0 spiro atoms. The van der Waals surface area contributed by atoms with E-state index in [1.807, 2.05) is 23.1 Å². The summed E-state index contributed by atoms with van der Waals surface area (Å²) in [6, 6.07) is 50.3. The molecule has 1 atom stereocenters. The minimum absolute atomic E-state index is 0.377. The summed E-state index contributed by atoms with van der Waals surface area (Å²) < 4.78 is 2.73. The zero-order valence-electron chi connectivity index (χ0n) is 30.2. The van der Waals surface area contributed by atoms with Gasteiger partial charge in [-0.3, -0.25) is 0 Å². The fraction of sp³-hybridized carbons (Fsp3) is 0.0769. The second-order valence-corrected chi connectivity index (χ2v) is 16.9. The number of thiophene rings is 1. The Morgan fingerprint density at radius 3 is 1.98 bits per heavy atom. The van der Waals surface area contributed by atoms with E-state index < -0.39 is 0 Å². The lowest BCUT2D eigenvalue weighted by Gasteiger charge is -2.23. The molecule has 1 unspecified atom stereocenters. The van der Waals surface area contributed by atoms with Crippen molar-refractivity contribution in [3.8, 4) is 11.1 Å². The normalized spacial score (nSPS) is 15.9. The van der Waals surface area contributed by atoms with Gasteiger partial charge in [0.15, 0.2) is 0 Å². The minimum atomic E-state index is 0.377. The first-order chi connectivity index (χ1) is 26.7. The van der Waals surface area contributed by atoms with Gasteiger partial charge in [-0.25, -0.2) is 0 Å². The van der Waals surface area contributed by atoms with E-state index in [0.717, 1.165) is 6.42 Å². The lowest BCUT2D eigenvalue weighted by molar-refractivity contribution is 0.854. The highest BCUT2D eigenvalue weighted by molar-refractivity contribution is 8.03. The molecule has 0 nitrogen and oxygen atoms in total. The van der Waals surface area contributed by atoms with Crippen LogP contribution in [0, 0.1) is 0 Å². The zero-order valence-corrected chi connectivity index (χ0v) is 31.8. The Labute approximate surface area is 323 Å². The zero-order chi connectivity index (χ0) is 35.9. The summed E-state index contributed by atoms with van der Waals surface area (Å²) in [4.78, 5) is 2.91. The molecule has 256 valence electrons. The topological polar surface area (TPSA) is 0 Å². The summed E-state index contributed by atoms with van der Waals surface area (Å²) >= 11 is 3.89. The third kappa shape index (κ3) is 4.77. The third-order valence-electron chi connectivity index (χ3n) is 11.7. The van der Waals surface area contributed by atoms with Crippen molar-refractivity contribution in [1.82, 2.24) is 0 Å². The number of hydrogen-bond donors (Lipinski definition) is 0. The summed E-state index contributed by atoms with van der Waals surface area (Å²) in [7, 11) is 0. The maximum absolute atomic E-state index is 2.47. The molecule has 1 aliphatic heterocycles. The van der Waals surface area contributed by atoms with Crippen LogP contribution < -0.4 is 0 Å². The van der Waals surface area contributed by atoms with E-state index in [-0.39, 0.29) is 0 Å². The van der Waals surface area contributed by atoms with Crippen molar-refractivity contribution in [2.45, 2.75) is 31.1 Å². The number of benzene rings is 8. The number of thioether (sulfide) groups is 1. The monoisotopic (exact) mass is 724 g/mol. The molecule has 2 aliphatic rings. The second kappa shape index (κ2) is 12.5. The summed E-state index contributed by atoms with van der Waals surface area (Å²) in [6.07, 6.45) is 12.3. The van der Waals surface area contributed by atoms with Crippen LogP contribution in [0.15, 0.2) is 174 Å². The predicted octanol–water partition coefficient (Wildman–Crippen LogP) is 15.9. The molecule has 54 heavy (non-hydrogen) atoms. The van der Waals surface area contributed by atoms with Gasteiger partial charge in [-0.2, -0.15) is 0 Å². The first kappa shape index (κ1) is 31.8. The molecule has 9 aromatic rings. The molecule has 1 aromatic heterocycles. The molecule has 0 bridgehead atoms. The highest BCUT2D eigenvalue weighted by atomic mass is 32.2. The molecular weight excluding hydrogens is 689 g/mol. The van der Waals surface area contributed by atoms with Crippen molar-refractivity contribution in [1.29, 1.82) is 0 Å². The molecule has 0 fully saturated rings. The van der Waals surface area contributed by atoms with Gasteiger partial charge in [0.25, 0.3) is 0 Å². The highest BCUT2D eigenvalue weighted by Crippen LogP contribution is 2.57. The molecule has 0 N–H and O–H groups in total. The molecule has 0 radical (unpaired) electrons.